The van der Waals surface area contributed by atoms with Crippen LogP contribution in [0.2, 0.25) is 0 Å². The zero-order valence-electron chi connectivity index (χ0n) is 45.4. The molecule has 0 radical (unpaired) electrons. The lowest BCUT2D eigenvalue weighted by atomic mass is 10.0. The van der Waals surface area contributed by atoms with Crippen molar-refractivity contribution in [3.05, 3.63) is 48.6 Å². The second kappa shape index (κ2) is 57.0. The summed E-state index contributed by atoms with van der Waals surface area (Å²) in [5.74, 6) is -0.881. The predicted octanol–water partition coefficient (Wildman–Crippen LogP) is 19.8. The topological polar surface area (TPSA) is 78.9 Å². The number of carbonyl (C=O) groups excluding carboxylic acids is 3. The smallest absolute Gasteiger partial charge is 0.306 e. The highest BCUT2D eigenvalue weighted by molar-refractivity contribution is 5.71. The molecule has 0 amide bonds. The van der Waals surface area contributed by atoms with Crippen LogP contribution in [0.25, 0.3) is 0 Å². The molecular weight excluding hydrogens is 841 g/mol. The maximum Gasteiger partial charge on any atom is 0.306 e. The van der Waals surface area contributed by atoms with Gasteiger partial charge in [0.25, 0.3) is 0 Å². The maximum atomic E-state index is 12.8. The molecule has 0 aromatic rings. The lowest BCUT2D eigenvalue weighted by molar-refractivity contribution is -0.167. The molecule has 0 fully saturated rings. The summed E-state index contributed by atoms with van der Waals surface area (Å²) in [6.07, 6.45) is 69.6. The molecule has 0 N–H and O–H groups in total. The number of unbranched alkanes of at least 4 members (excludes halogenated alkanes) is 35. The van der Waals surface area contributed by atoms with Crippen molar-refractivity contribution >= 4 is 17.9 Å². The Labute approximate surface area is 422 Å². The Bertz CT molecular complexity index is 1190. The Morgan fingerprint density at radius 2 is 0.574 bits per heavy atom. The highest BCUT2D eigenvalue weighted by Crippen LogP contribution is 2.16. The molecule has 68 heavy (non-hydrogen) atoms. The van der Waals surface area contributed by atoms with Crippen molar-refractivity contribution in [2.24, 2.45) is 0 Å². The highest BCUT2D eigenvalue weighted by Gasteiger charge is 2.19. The van der Waals surface area contributed by atoms with Crippen LogP contribution in [0.3, 0.4) is 0 Å². The largest absolute Gasteiger partial charge is 0.462 e. The molecule has 1 unspecified atom stereocenters. The third-order valence-electron chi connectivity index (χ3n) is 13.1. The van der Waals surface area contributed by atoms with Crippen LogP contribution >= 0.6 is 0 Å². The van der Waals surface area contributed by atoms with Gasteiger partial charge in [-0.15, -0.1) is 0 Å². The van der Waals surface area contributed by atoms with Crippen molar-refractivity contribution in [1.82, 2.24) is 0 Å². The molecule has 0 heterocycles. The Kier molecular flexibility index (Phi) is 54.8. The van der Waals surface area contributed by atoms with Crippen LogP contribution in [0.15, 0.2) is 48.6 Å². The SMILES string of the molecule is CC/C=C\C/C=C\C/C=C\CCCCCCCC(=O)OC(COC(=O)CCCCCCCCCCC/C=C\CCCCCCCCCC)COC(=O)CCCCCCCCCCCCCCCC. The van der Waals surface area contributed by atoms with Gasteiger partial charge < -0.3 is 14.2 Å². The molecule has 6 heteroatoms. The van der Waals surface area contributed by atoms with Crippen molar-refractivity contribution in [3.63, 3.8) is 0 Å². The van der Waals surface area contributed by atoms with E-state index in [1.807, 2.05) is 0 Å². The van der Waals surface area contributed by atoms with E-state index in [-0.39, 0.29) is 31.1 Å². The van der Waals surface area contributed by atoms with Gasteiger partial charge in [-0.25, -0.2) is 0 Å². The maximum absolute atomic E-state index is 12.8. The van der Waals surface area contributed by atoms with Gasteiger partial charge in [0, 0.05) is 19.3 Å². The Morgan fingerprint density at radius 1 is 0.309 bits per heavy atom. The van der Waals surface area contributed by atoms with Gasteiger partial charge in [-0.2, -0.15) is 0 Å². The van der Waals surface area contributed by atoms with Crippen molar-refractivity contribution in [2.45, 2.75) is 316 Å². The van der Waals surface area contributed by atoms with Crippen LogP contribution in [-0.2, 0) is 28.6 Å². The van der Waals surface area contributed by atoms with Gasteiger partial charge in [0.2, 0.25) is 0 Å². The van der Waals surface area contributed by atoms with Gasteiger partial charge in [0.1, 0.15) is 13.2 Å². The average molecular weight is 954 g/mol. The molecule has 0 saturated heterocycles. The van der Waals surface area contributed by atoms with Gasteiger partial charge in [-0.1, -0.05) is 262 Å². The van der Waals surface area contributed by atoms with Crippen molar-refractivity contribution in [2.75, 3.05) is 13.2 Å². The minimum absolute atomic E-state index is 0.0776. The van der Waals surface area contributed by atoms with Gasteiger partial charge in [0.15, 0.2) is 6.10 Å². The monoisotopic (exact) mass is 953 g/mol. The summed E-state index contributed by atoms with van der Waals surface area (Å²) in [5.41, 5.74) is 0. The summed E-state index contributed by atoms with van der Waals surface area (Å²) in [6.45, 7) is 6.55. The third-order valence-corrected chi connectivity index (χ3v) is 13.1. The van der Waals surface area contributed by atoms with Crippen LogP contribution in [0, 0.1) is 0 Å². The van der Waals surface area contributed by atoms with Gasteiger partial charge in [-0.05, 0) is 77.0 Å². The second-order valence-electron chi connectivity index (χ2n) is 19.9. The van der Waals surface area contributed by atoms with E-state index in [1.54, 1.807) is 0 Å². The first-order valence-electron chi connectivity index (χ1n) is 29.6. The fourth-order valence-corrected chi connectivity index (χ4v) is 8.63. The molecule has 0 rings (SSSR count). The molecule has 1 atom stereocenters. The van der Waals surface area contributed by atoms with E-state index < -0.39 is 6.10 Å². The average Bonchev–Trinajstić information content (AvgIpc) is 3.34. The molecule has 0 bridgehead atoms. The van der Waals surface area contributed by atoms with E-state index in [4.69, 9.17) is 14.2 Å². The molecule has 0 saturated carbocycles. The number of allylic oxidation sites excluding steroid dienone is 8. The van der Waals surface area contributed by atoms with Crippen molar-refractivity contribution < 1.29 is 28.6 Å². The summed E-state index contributed by atoms with van der Waals surface area (Å²) < 4.78 is 16.9. The molecule has 0 spiro atoms. The molecule has 0 aliphatic carbocycles. The minimum atomic E-state index is -0.781. The Morgan fingerprint density at radius 3 is 0.912 bits per heavy atom. The van der Waals surface area contributed by atoms with Gasteiger partial charge in [0.05, 0.1) is 0 Å². The first-order chi connectivity index (χ1) is 33.5. The molecule has 0 aliphatic heterocycles. The second-order valence-corrected chi connectivity index (χ2v) is 19.9. The van der Waals surface area contributed by atoms with E-state index in [9.17, 15) is 14.4 Å². The molecule has 396 valence electrons. The first-order valence-corrected chi connectivity index (χ1v) is 29.6. The molecule has 6 nitrogen and oxygen atoms in total. The summed E-state index contributed by atoms with van der Waals surface area (Å²) >= 11 is 0. The van der Waals surface area contributed by atoms with Crippen LogP contribution in [0.1, 0.15) is 310 Å². The number of ether oxygens (including phenoxy) is 3. The number of carbonyl (C=O) groups is 3. The van der Waals surface area contributed by atoms with Crippen LogP contribution in [-0.4, -0.2) is 37.2 Å². The summed E-state index contributed by atoms with van der Waals surface area (Å²) in [4.78, 5) is 38.2. The number of rotatable bonds is 54. The molecule has 0 aromatic carbocycles. The number of hydrogen-bond acceptors (Lipinski definition) is 6. The number of esters is 3. The number of hydrogen-bond donors (Lipinski definition) is 0. The van der Waals surface area contributed by atoms with E-state index in [0.29, 0.717) is 19.3 Å². The minimum Gasteiger partial charge on any atom is -0.462 e. The van der Waals surface area contributed by atoms with E-state index in [1.165, 1.54) is 173 Å². The van der Waals surface area contributed by atoms with Gasteiger partial charge >= 0.3 is 17.9 Å². The van der Waals surface area contributed by atoms with Crippen LogP contribution in [0.5, 0.6) is 0 Å². The quantitative estimate of drug-likeness (QED) is 0.0262. The van der Waals surface area contributed by atoms with E-state index >= 15 is 0 Å². The fourth-order valence-electron chi connectivity index (χ4n) is 8.63. The molecule has 0 aromatic heterocycles. The predicted molar refractivity (Wildman–Crippen MR) is 293 cm³/mol. The third kappa shape index (κ3) is 54.3. The Hall–Kier alpha value is -2.63. The first kappa shape index (κ1) is 65.4. The zero-order chi connectivity index (χ0) is 49.3. The van der Waals surface area contributed by atoms with E-state index in [0.717, 1.165) is 96.3 Å². The zero-order valence-corrected chi connectivity index (χ0v) is 45.4. The normalized spacial score (nSPS) is 12.3. The fraction of sp³-hybridized carbons (Fsp3) is 0.823. The van der Waals surface area contributed by atoms with E-state index in [2.05, 4.69) is 69.4 Å². The lowest BCUT2D eigenvalue weighted by Crippen LogP contribution is -2.30. The van der Waals surface area contributed by atoms with Crippen LogP contribution < -0.4 is 0 Å². The summed E-state index contributed by atoms with van der Waals surface area (Å²) in [7, 11) is 0. The van der Waals surface area contributed by atoms with Crippen molar-refractivity contribution in [3.8, 4) is 0 Å². The highest BCUT2D eigenvalue weighted by atomic mass is 16.6. The van der Waals surface area contributed by atoms with Crippen LogP contribution in [0.4, 0.5) is 0 Å². The van der Waals surface area contributed by atoms with Gasteiger partial charge in [-0.3, -0.25) is 14.4 Å². The standard InChI is InChI=1S/C62H112O6/c1-4-7-10-13-16-19-22-25-28-29-30-31-32-33-35-37-40-43-46-49-52-55-61(64)67-58-59(57-66-60(63)54-51-48-45-42-39-36-27-24-21-18-15-12-9-6-3)68-62(65)56-53-50-47-44-41-38-34-26-23-20-17-14-11-8-5-2/h8,11,17,20,26,29-30,34,59H,4-7,9-10,12-16,18-19,21-25,27-28,31-33,35-58H2,1-3H3/b11-8-,20-17-,30-29-,34-26-. The summed E-state index contributed by atoms with van der Waals surface area (Å²) in [5, 5.41) is 0. The molecule has 0 aliphatic rings. The lowest BCUT2D eigenvalue weighted by Gasteiger charge is -2.18. The summed E-state index contributed by atoms with van der Waals surface area (Å²) in [6, 6.07) is 0. The Balaban J connectivity index is 4.33. The van der Waals surface area contributed by atoms with Crippen molar-refractivity contribution in [1.29, 1.82) is 0 Å². The molecular formula is C62H112O6.